The highest BCUT2D eigenvalue weighted by molar-refractivity contribution is 7.13. The molecular weight excluding hydrogens is 396 g/mol. The van der Waals surface area contributed by atoms with E-state index in [-0.39, 0.29) is 11.9 Å². The van der Waals surface area contributed by atoms with Gasteiger partial charge in [-0.3, -0.25) is 4.79 Å². The van der Waals surface area contributed by atoms with E-state index in [1.54, 1.807) is 0 Å². The van der Waals surface area contributed by atoms with Crippen molar-refractivity contribution in [2.75, 3.05) is 44.2 Å². The summed E-state index contributed by atoms with van der Waals surface area (Å²) >= 11 is 1.44. The Bertz CT molecular complexity index is 934. The molecule has 0 radical (unpaired) electrons. The molecule has 2 aromatic rings. The predicted molar refractivity (Wildman–Crippen MR) is 119 cm³/mol. The lowest BCUT2D eigenvalue weighted by molar-refractivity contribution is 0.0605. The van der Waals surface area contributed by atoms with Crippen LogP contribution in [0.15, 0.2) is 18.2 Å². The minimum Gasteiger partial charge on any atom is -0.376 e. The first kappa shape index (κ1) is 19.0. The number of rotatable bonds is 6. The van der Waals surface area contributed by atoms with Crippen LogP contribution < -0.4 is 10.2 Å². The molecule has 6 nitrogen and oxygen atoms in total. The number of hydrogen-bond donors (Lipinski definition) is 1. The van der Waals surface area contributed by atoms with Crippen molar-refractivity contribution in [2.45, 2.75) is 44.2 Å². The molecule has 1 aromatic carbocycles. The van der Waals surface area contributed by atoms with Gasteiger partial charge in [0, 0.05) is 43.4 Å². The van der Waals surface area contributed by atoms with Crippen molar-refractivity contribution < 1.29 is 9.53 Å². The van der Waals surface area contributed by atoms with Crippen LogP contribution >= 0.6 is 11.5 Å². The summed E-state index contributed by atoms with van der Waals surface area (Å²) < 4.78 is 11.7. The fraction of sp³-hybridized carbons (Fsp3) is 0.652. The predicted octanol–water partition coefficient (Wildman–Crippen LogP) is 3.13. The number of carbonyl (C=O) groups is 1. The summed E-state index contributed by atoms with van der Waals surface area (Å²) in [5.41, 5.74) is 1.80. The van der Waals surface area contributed by atoms with Gasteiger partial charge in [-0.1, -0.05) is 0 Å². The normalized spacial score (nSPS) is 30.9. The molecule has 30 heavy (non-hydrogen) atoms. The Morgan fingerprint density at radius 3 is 2.77 bits per heavy atom. The van der Waals surface area contributed by atoms with Crippen molar-refractivity contribution in [3.05, 3.63) is 23.9 Å². The second kappa shape index (κ2) is 7.77. The van der Waals surface area contributed by atoms with Gasteiger partial charge in [0.15, 0.2) is 0 Å². The molecule has 1 saturated carbocycles. The Hall–Kier alpha value is -1.70. The van der Waals surface area contributed by atoms with Crippen molar-refractivity contribution in [3.63, 3.8) is 0 Å². The molecule has 1 aliphatic carbocycles. The number of ether oxygens (including phenoxy) is 1. The zero-order chi connectivity index (χ0) is 20.1. The molecule has 2 bridgehead atoms. The second-order valence-electron chi connectivity index (χ2n) is 9.56. The number of carbonyl (C=O) groups excluding carboxylic acids is 1. The lowest BCUT2D eigenvalue weighted by atomic mass is 9.84. The third-order valence-corrected chi connectivity index (χ3v) is 8.23. The standard InChI is InChI=1S/C23H30N4O2S/c28-23(24-20-13-26-8-5-16(20)6-9-26)22-19-4-3-17(11-21(19)30-25-22)27-10-7-18(12-27)29-14-15-1-2-15/h3-4,11,15-16,18,20H,1-2,5-10,12-14H2,(H,24,28)/t18?,20-/m1/s1. The average molecular weight is 427 g/mol. The van der Waals surface area contributed by atoms with Crippen molar-refractivity contribution >= 4 is 33.2 Å². The fourth-order valence-electron chi connectivity index (χ4n) is 5.31. The van der Waals surface area contributed by atoms with Crippen LogP contribution in [0.2, 0.25) is 0 Å². The third-order valence-electron chi connectivity index (χ3n) is 7.42. The number of nitrogens with one attached hydrogen (secondary N) is 1. The van der Waals surface area contributed by atoms with Gasteiger partial charge in [0.25, 0.3) is 5.91 Å². The number of amides is 1. The summed E-state index contributed by atoms with van der Waals surface area (Å²) in [6.07, 6.45) is 6.54. The van der Waals surface area contributed by atoms with Gasteiger partial charge < -0.3 is 19.9 Å². The molecule has 1 N–H and O–H groups in total. The molecule has 7 heteroatoms. The van der Waals surface area contributed by atoms with Crippen molar-refractivity contribution in [1.82, 2.24) is 14.6 Å². The molecule has 5 heterocycles. The van der Waals surface area contributed by atoms with Crippen LogP contribution in [0, 0.1) is 11.8 Å². The van der Waals surface area contributed by atoms with Crippen LogP contribution in [-0.4, -0.2) is 66.7 Å². The average Bonchev–Trinajstić information content (AvgIpc) is 3.32. The molecule has 0 spiro atoms. The number of piperidine rings is 3. The van der Waals surface area contributed by atoms with Crippen LogP contribution in [0.5, 0.6) is 0 Å². The van der Waals surface area contributed by atoms with E-state index in [1.165, 1.54) is 56.0 Å². The SMILES string of the molecule is O=C(N[C@@H]1CN2CCC1CC2)c1nsc2cc(N3CCC(OCC4CC4)C3)ccc12. The Morgan fingerprint density at radius 2 is 2.00 bits per heavy atom. The maximum Gasteiger partial charge on any atom is 0.271 e. The summed E-state index contributed by atoms with van der Waals surface area (Å²) in [4.78, 5) is 17.8. The Morgan fingerprint density at radius 1 is 1.13 bits per heavy atom. The molecule has 2 atom stereocenters. The molecule has 7 rings (SSSR count). The number of aromatic nitrogens is 1. The quantitative estimate of drug-likeness (QED) is 0.769. The van der Waals surface area contributed by atoms with E-state index in [9.17, 15) is 4.79 Å². The van der Waals surface area contributed by atoms with Crippen LogP contribution in [0.1, 0.15) is 42.6 Å². The molecule has 5 aliphatic rings. The first-order valence-electron chi connectivity index (χ1n) is 11.5. The van der Waals surface area contributed by atoms with Crippen molar-refractivity contribution in [2.24, 2.45) is 11.8 Å². The number of anilines is 1. The summed E-state index contributed by atoms with van der Waals surface area (Å²) in [5.74, 6) is 1.43. The van der Waals surface area contributed by atoms with E-state index < -0.39 is 0 Å². The zero-order valence-electron chi connectivity index (χ0n) is 17.4. The maximum absolute atomic E-state index is 13.0. The van der Waals surface area contributed by atoms with Gasteiger partial charge in [-0.15, -0.1) is 0 Å². The van der Waals surface area contributed by atoms with Gasteiger partial charge in [0.05, 0.1) is 10.8 Å². The summed E-state index contributed by atoms with van der Waals surface area (Å²) in [6.45, 7) is 6.29. The highest BCUT2D eigenvalue weighted by Crippen LogP contribution is 2.33. The zero-order valence-corrected chi connectivity index (χ0v) is 18.2. The number of benzene rings is 1. The third kappa shape index (κ3) is 3.72. The number of nitrogens with zero attached hydrogens (tertiary/aromatic N) is 3. The first-order valence-corrected chi connectivity index (χ1v) is 12.3. The molecule has 4 aliphatic heterocycles. The summed E-state index contributed by atoms with van der Waals surface area (Å²) in [7, 11) is 0. The topological polar surface area (TPSA) is 57.7 Å². The van der Waals surface area contributed by atoms with Gasteiger partial charge in [-0.05, 0) is 86.8 Å². The number of hydrogen-bond acceptors (Lipinski definition) is 6. The fourth-order valence-corrected chi connectivity index (χ4v) is 6.11. The molecule has 5 fully saturated rings. The van der Waals surface area contributed by atoms with Gasteiger partial charge >= 0.3 is 0 Å². The second-order valence-corrected chi connectivity index (χ2v) is 10.4. The molecule has 1 amide bonds. The minimum atomic E-state index is -0.0116. The van der Waals surface area contributed by atoms with Crippen molar-refractivity contribution in [3.8, 4) is 0 Å². The highest BCUT2D eigenvalue weighted by atomic mass is 32.1. The lowest BCUT2D eigenvalue weighted by Crippen LogP contribution is -2.57. The molecular formula is C23H30N4O2S. The van der Waals surface area contributed by atoms with E-state index >= 15 is 0 Å². The smallest absolute Gasteiger partial charge is 0.271 e. The summed E-state index contributed by atoms with van der Waals surface area (Å²) in [5, 5.41) is 4.26. The largest absolute Gasteiger partial charge is 0.376 e. The van der Waals surface area contributed by atoms with Crippen molar-refractivity contribution in [1.29, 1.82) is 0 Å². The van der Waals surface area contributed by atoms with Gasteiger partial charge in [0.2, 0.25) is 0 Å². The van der Waals surface area contributed by atoms with Gasteiger partial charge in [0.1, 0.15) is 5.69 Å². The monoisotopic (exact) mass is 426 g/mol. The van der Waals surface area contributed by atoms with Crippen LogP contribution in [0.4, 0.5) is 5.69 Å². The summed E-state index contributed by atoms with van der Waals surface area (Å²) in [6, 6.07) is 6.69. The highest BCUT2D eigenvalue weighted by Gasteiger charge is 2.35. The van der Waals surface area contributed by atoms with E-state index in [4.69, 9.17) is 4.74 Å². The van der Waals surface area contributed by atoms with Gasteiger partial charge in [-0.25, -0.2) is 0 Å². The van der Waals surface area contributed by atoms with E-state index in [0.717, 1.165) is 48.7 Å². The molecule has 160 valence electrons. The molecule has 1 aromatic heterocycles. The molecule has 1 unspecified atom stereocenters. The van der Waals surface area contributed by atoms with Crippen LogP contribution in [0.3, 0.4) is 0 Å². The van der Waals surface area contributed by atoms with Crippen LogP contribution in [-0.2, 0) is 4.74 Å². The van der Waals surface area contributed by atoms with Crippen LogP contribution in [0.25, 0.3) is 10.1 Å². The van der Waals surface area contributed by atoms with E-state index in [0.29, 0.717) is 17.7 Å². The molecule has 4 saturated heterocycles. The number of fused-ring (bicyclic) bond motifs is 4. The minimum absolute atomic E-state index is 0.0116. The lowest BCUT2D eigenvalue weighted by Gasteiger charge is -2.44. The van der Waals surface area contributed by atoms with Gasteiger partial charge in [-0.2, -0.15) is 4.37 Å². The Labute approximate surface area is 181 Å². The maximum atomic E-state index is 13.0. The first-order chi connectivity index (χ1) is 14.7. The Kier molecular flexibility index (Phi) is 4.93. The Balaban J connectivity index is 1.13. The van der Waals surface area contributed by atoms with E-state index in [2.05, 4.69) is 37.7 Å². The van der Waals surface area contributed by atoms with E-state index in [1.807, 2.05) is 0 Å².